The predicted molar refractivity (Wildman–Crippen MR) is 67.6 cm³/mol. The molecule has 0 amide bonds. The van der Waals surface area contributed by atoms with Gasteiger partial charge in [-0.15, -0.1) is 0 Å². The molecule has 0 aliphatic carbocycles. The summed E-state index contributed by atoms with van der Waals surface area (Å²) in [4.78, 5) is 0. The number of nitrogens with two attached hydrogens (primary N) is 1. The van der Waals surface area contributed by atoms with E-state index in [4.69, 9.17) is 10.5 Å². The average molecular weight is 297 g/mol. The van der Waals surface area contributed by atoms with Gasteiger partial charge in [0.05, 0.1) is 0 Å². The van der Waals surface area contributed by atoms with E-state index >= 15 is 0 Å². The lowest BCUT2D eigenvalue weighted by Gasteiger charge is -2.30. The van der Waals surface area contributed by atoms with Gasteiger partial charge in [0, 0.05) is 35.7 Å². The molecule has 0 radical (unpaired) electrons. The van der Waals surface area contributed by atoms with E-state index in [2.05, 4.69) is 0 Å². The molecule has 0 fully saturated rings. The van der Waals surface area contributed by atoms with Gasteiger partial charge in [-0.3, -0.25) is 0 Å². The van der Waals surface area contributed by atoms with Gasteiger partial charge < -0.3 is 10.5 Å². The number of fused-ring (bicyclic) bond motifs is 1. The summed E-state index contributed by atoms with van der Waals surface area (Å²) in [7, 11) is 0. The lowest BCUT2D eigenvalue weighted by Crippen LogP contribution is -2.25. The van der Waals surface area contributed by atoms with Crippen molar-refractivity contribution in [2.75, 3.05) is 0 Å². The molecule has 2 nitrogen and oxygen atoms in total. The fraction of sp³-hybridized carbons (Fsp3) is 0.200. The van der Waals surface area contributed by atoms with E-state index < -0.39 is 35.4 Å². The zero-order chi connectivity index (χ0) is 15.1. The molecule has 2 atom stereocenters. The minimum Gasteiger partial charge on any atom is -0.485 e. The van der Waals surface area contributed by atoms with Crippen molar-refractivity contribution in [3.63, 3.8) is 0 Å². The number of hydrogen-bond acceptors (Lipinski definition) is 2. The first-order valence-corrected chi connectivity index (χ1v) is 6.32. The van der Waals surface area contributed by atoms with Crippen LogP contribution in [-0.2, 0) is 0 Å². The third-order valence-electron chi connectivity index (χ3n) is 3.50. The lowest BCUT2D eigenvalue weighted by molar-refractivity contribution is 0.156. The number of rotatable bonds is 1. The maximum Gasteiger partial charge on any atom is 0.161 e. The molecule has 1 aliphatic rings. The molecule has 0 saturated heterocycles. The molecule has 1 heterocycles. The van der Waals surface area contributed by atoms with Gasteiger partial charge in [-0.25, -0.2) is 17.6 Å². The van der Waals surface area contributed by atoms with Crippen molar-refractivity contribution in [1.82, 2.24) is 0 Å². The summed E-state index contributed by atoms with van der Waals surface area (Å²) < 4.78 is 58.8. The molecule has 0 spiro atoms. The topological polar surface area (TPSA) is 35.2 Å². The SMILES string of the molecule is N[C@@H]1CC(c2cc(F)c(F)cc2F)Oc2cc(F)ccc21. The molecule has 0 bridgehead atoms. The number of halogens is 4. The van der Waals surface area contributed by atoms with Gasteiger partial charge in [0.15, 0.2) is 11.6 Å². The summed E-state index contributed by atoms with van der Waals surface area (Å²) >= 11 is 0. The second kappa shape index (κ2) is 5.04. The molecule has 2 N–H and O–H groups in total. The highest BCUT2D eigenvalue weighted by Crippen LogP contribution is 2.40. The van der Waals surface area contributed by atoms with Crippen molar-refractivity contribution in [1.29, 1.82) is 0 Å². The van der Waals surface area contributed by atoms with Crippen LogP contribution in [0.2, 0.25) is 0 Å². The smallest absolute Gasteiger partial charge is 0.161 e. The zero-order valence-corrected chi connectivity index (χ0v) is 10.7. The Hall–Kier alpha value is -2.08. The third kappa shape index (κ3) is 2.47. The monoisotopic (exact) mass is 297 g/mol. The second-order valence-electron chi connectivity index (χ2n) is 4.92. The van der Waals surface area contributed by atoms with Crippen LogP contribution in [0.1, 0.15) is 29.7 Å². The van der Waals surface area contributed by atoms with Crippen LogP contribution < -0.4 is 10.5 Å². The van der Waals surface area contributed by atoms with Crippen LogP contribution in [-0.4, -0.2) is 0 Å². The van der Waals surface area contributed by atoms with Gasteiger partial charge >= 0.3 is 0 Å². The molecule has 0 aromatic heterocycles. The second-order valence-corrected chi connectivity index (χ2v) is 4.92. The zero-order valence-electron chi connectivity index (χ0n) is 10.7. The summed E-state index contributed by atoms with van der Waals surface area (Å²) in [5.41, 5.74) is 6.40. The minimum atomic E-state index is -1.28. The summed E-state index contributed by atoms with van der Waals surface area (Å²) in [6, 6.07) is 4.58. The third-order valence-corrected chi connectivity index (χ3v) is 3.50. The maximum absolute atomic E-state index is 13.8. The number of ether oxygens (including phenoxy) is 1. The Morgan fingerprint density at radius 1 is 0.905 bits per heavy atom. The fourth-order valence-electron chi connectivity index (χ4n) is 2.45. The van der Waals surface area contributed by atoms with Gasteiger partial charge in [-0.1, -0.05) is 6.07 Å². The van der Waals surface area contributed by atoms with Crippen LogP contribution in [0.15, 0.2) is 30.3 Å². The molecular weight excluding hydrogens is 286 g/mol. The summed E-state index contributed by atoms with van der Waals surface area (Å²) in [5.74, 6) is -3.71. The molecule has 3 rings (SSSR count). The first kappa shape index (κ1) is 13.9. The molecule has 110 valence electrons. The summed E-state index contributed by atoms with van der Waals surface area (Å²) in [5, 5.41) is 0. The van der Waals surface area contributed by atoms with Crippen molar-refractivity contribution in [3.05, 3.63) is 64.7 Å². The Labute approximate surface area is 118 Å². The van der Waals surface area contributed by atoms with Crippen LogP contribution >= 0.6 is 0 Å². The van der Waals surface area contributed by atoms with E-state index in [1.54, 1.807) is 0 Å². The highest BCUT2D eigenvalue weighted by Gasteiger charge is 2.30. The Morgan fingerprint density at radius 2 is 1.62 bits per heavy atom. The standard InChI is InChI=1S/C15H11F4NO/c16-7-1-2-8-13(20)6-15(21-14(8)3-7)9-4-11(18)12(19)5-10(9)17/h1-5,13,15H,6,20H2/t13-,15?/m1/s1. The van der Waals surface area contributed by atoms with E-state index in [1.165, 1.54) is 12.1 Å². The van der Waals surface area contributed by atoms with Gasteiger partial charge in [0.2, 0.25) is 0 Å². The van der Waals surface area contributed by atoms with E-state index in [0.717, 1.165) is 12.1 Å². The number of hydrogen-bond donors (Lipinski definition) is 1. The Balaban J connectivity index is 2.01. The Morgan fingerprint density at radius 3 is 2.38 bits per heavy atom. The summed E-state index contributed by atoms with van der Waals surface area (Å²) in [6.07, 6.45) is -0.718. The van der Waals surface area contributed by atoms with E-state index in [0.29, 0.717) is 11.6 Å². The predicted octanol–water partition coefficient (Wildman–Crippen LogP) is 3.77. The van der Waals surface area contributed by atoms with Crippen LogP contribution in [0, 0.1) is 23.3 Å². The molecule has 6 heteroatoms. The highest BCUT2D eigenvalue weighted by atomic mass is 19.2. The van der Waals surface area contributed by atoms with E-state index in [9.17, 15) is 17.6 Å². The maximum atomic E-state index is 13.8. The van der Waals surface area contributed by atoms with Gasteiger partial charge in [-0.2, -0.15) is 0 Å². The molecule has 1 unspecified atom stereocenters. The largest absolute Gasteiger partial charge is 0.485 e. The molecule has 21 heavy (non-hydrogen) atoms. The van der Waals surface area contributed by atoms with Crippen molar-refractivity contribution in [2.45, 2.75) is 18.6 Å². The van der Waals surface area contributed by atoms with E-state index in [-0.39, 0.29) is 17.7 Å². The van der Waals surface area contributed by atoms with Gasteiger partial charge in [0.1, 0.15) is 23.5 Å². The van der Waals surface area contributed by atoms with Crippen molar-refractivity contribution in [3.8, 4) is 5.75 Å². The fourth-order valence-corrected chi connectivity index (χ4v) is 2.45. The van der Waals surface area contributed by atoms with Crippen LogP contribution in [0.4, 0.5) is 17.6 Å². The van der Waals surface area contributed by atoms with Crippen molar-refractivity contribution >= 4 is 0 Å². The average Bonchev–Trinajstić information content (AvgIpc) is 2.42. The molecule has 0 saturated carbocycles. The summed E-state index contributed by atoms with van der Waals surface area (Å²) in [6.45, 7) is 0. The molecule has 1 aliphatic heterocycles. The lowest BCUT2D eigenvalue weighted by atomic mass is 9.93. The highest BCUT2D eigenvalue weighted by molar-refractivity contribution is 5.39. The van der Waals surface area contributed by atoms with Gasteiger partial charge in [-0.05, 0) is 12.1 Å². The molecule has 2 aromatic rings. The minimum absolute atomic E-state index is 0.140. The first-order chi connectivity index (χ1) is 9.95. The quantitative estimate of drug-likeness (QED) is 0.642. The Bertz CT molecular complexity index is 704. The van der Waals surface area contributed by atoms with Crippen LogP contribution in [0.25, 0.3) is 0 Å². The number of benzene rings is 2. The molecule has 2 aromatic carbocycles. The van der Waals surface area contributed by atoms with Gasteiger partial charge in [0.25, 0.3) is 0 Å². The van der Waals surface area contributed by atoms with Crippen molar-refractivity contribution in [2.24, 2.45) is 5.73 Å². The Kier molecular flexibility index (Phi) is 3.33. The van der Waals surface area contributed by atoms with Crippen LogP contribution in [0.5, 0.6) is 5.75 Å². The normalized spacial score (nSPS) is 20.8. The first-order valence-electron chi connectivity index (χ1n) is 6.32. The molecular formula is C15H11F4NO. The van der Waals surface area contributed by atoms with E-state index in [1.807, 2.05) is 0 Å². The van der Waals surface area contributed by atoms with Crippen molar-refractivity contribution < 1.29 is 22.3 Å². The van der Waals surface area contributed by atoms with Crippen LogP contribution in [0.3, 0.4) is 0 Å².